The van der Waals surface area contributed by atoms with Gasteiger partial charge in [0.25, 0.3) is 0 Å². The zero-order chi connectivity index (χ0) is 10.8. The van der Waals surface area contributed by atoms with Gasteiger partial charge in [-0.1, -0.05) is 12.1 Å². The summed E-state index contributed by atoms with van der Waals surface area (Å²) >= 11 is 0. The molecule has 0 aliphatic carbocycles. The summed E-state index contributed by atoms with van der Waals surface area (Å²) in [5.41, 5.74) is 0.427. The predicted molar refractivity (Wildman–Crippen MR) is 51.5 cm³/mol. The van der Waals surface area contributed by atoms with Crippen LogP contribution in [0.5, 0.6) is 5.75 Å². The second kappa shape index (κ2) is 3.49. The van der Waals surface area contributed by atoms with Crippen LogP contribution in [0.15, 0.2) is 38.3 Å². The largest absolute Gasteiger partial charge is 0.494 e. The zero-order valence-corrected chi connectivity index (χ0v) is 7.89. The fraction of sp³-hybridized carbons (Fsp3) is 0.111. The maximum atomic E-state index is 11.2. The number of rotatable bonds is 2. The summed E-state index contributed by atoms with van der Waals surface area (Å²) in [7, 11) is 1.47. The number of para-hydroxylation sites is 2. The van der Waals surface area contributed by atoms with E-state index in [0.717, 1.165) is 4.68 Å². The van der Waals surface area contributed by atoms with Crippen LogP contribution in [0.25, 0.3) is 5.69 Å². The lowest BCUT2D eigenvalue weighted by atomic mass is 10.3. The van der Waals surface area contributed by atoms with Crippen LogP contribution in [0.1, 0.15) is 0 Å². The fourth-order valence-electron chi connectivity index (χ4n) is 1.26. The van der Waals surface area contributed by atoms with Crippen molar-refractivity contribution < 1.29 is 9.15 Å². The van der Waals surface area contributed by atoms with Crippen LogP contribution in [0.3, 0.4) is 0 Å². The van der Waals surface area contributed by atoms with Gasteiger partial charge in [-0.15, -0.1) is 0 Å². The topological polar surface area (TPSA) is 77.2 Å². The number of methoxy groups -OCH3 is 1. The average Bonchev–Trinajstić information content (AvgIpc) is 2.57. The van der Waals surface area contributed by atoms with E-state index in [1.807, 2.05) is 0 Å². The predicted octanol–water partition coefficient (Wildman–Crippen LogP) is 0.127. The summed E-state index contributed by atoms with van der Waals surface area (Å²) in [5, 5.41) is 2.24. The quantitative estimate of drug-likeness (QED) is 0.760. The van der Waals surface area contributed by atoms with Gasteiger partial charge in [0.05, 0.1) is 7.11 Å². The molecule has 78 valence electrons. The van der Waals surface area contributed by atoms with Crippen molar-refractivity contribution in [2.75, 3.05) is 7.11 Å². The normalized spacial score (nSPS) is 10.2. The van der Waals surface area contributed by atoms with Crippen LogP contribution >= 0.6 is 0 Å². The monoisotopic (exact) mass is 208 g/mol. The minimum absolute atomic E-state index is 0.427. The molecule has 2 aromatic rings. The number of nitrogens with one attached hydrogen (secondary N) is 1. The maximum Gasteiger partial charge on any atom is 0.442 e. The first-order valence-corrected chi connectivity index (χ1v) is 4.18. The van der Waals surface area contributed by atoms with Gasteiger partial charge in [0.15, 0.2) is 0 Å². The van der Waals surface area contributed by atoms with Crippen molar-refractivity contribution in [1.29, 1.82) is 0 Å². The van der Waals surface area contributed by atoms with Crippen LogP contribution in [0.4, 0.5) is 0 Å². The molecule has 0 unspecified atom stereocenters. The summed E-state index contributed by atoms with van der Waals surface area (Å²) in [6.07, 6.45) is 0. The lowest BCUT2D eigenvalue weighted by molar-refractivity contribution is 0.409. The molecule has 1 N–H and O–H groups in total. The average molecular weight is 208 g/mol. The Hall–Kier alpha value is -2.24. The van der Waals surface area contributed by atoms with Crippen LogP contribution < -0.4 is 16.2 Å². The van der Waals surface area contributed by atoms with Crippen LogP contribution in [-0.2, 0) is 0 Å². The molecule has 6 heteroatoms. The van der Waals surface area contributed by atoms with E-state index in [1.54, 1.807) is 24.3 Å². The molecular formula is C9H8N2O4. The van der Waals surface area contributed by atoms with Gasteiger partial charge in [-0.05, 0) is 12.1 Å². The molecule has 0 aliphatic heterocycles. The first kappa shape index (κ1) is 9.32. The Kier molecular flexibility index (Phi) is 2.17. The molecule has 0 atom stereocenters. The molecule has 0 radical (unpaired) electrons. The van der Waals surface area contributed by atoms with Gasteiger partial charge in [0.1, 0.15) is 11.4 Å². The highest BCUT2D eigenvalue weighted by Crippen LogP contribution is 2.18. The van der Waals surface area contributed by atoms with E-state index in [9.17, 15) is 9.59 Å². The summed E-state index contributed by atoms with van der Waals surface area (Å²) in [6.45, 7) is 0. The number of nitrogens with zero attached hydrogens (tertiary/aromatic N) is 1. The summed E-state index contributed by atoms with van der Waals surface area (Å²) < 4.78 is 10.3. The minimum atomic E-state index is -0.800. The van der Waals surface area contributed by atoms with E-state index in [1.165, 1.54) is 7.11 Å². The number of aromatic amines is 1. The summed E-state index contributed by atoms with van der Waals surface area (Å²) in [5.74, 6) is -1.10. The number of benzene rings is 1. The second-order valence-electron chi connectivity index (χ2n) is 2.77. The second-order valence-corrected chi connectivity index (χ2v) is 2.77. The van der Waals surface area contributed by atoms with E-state index in [0.29, 0.717) is 11.4 Å². The fourth-order valence-corrected chi connectivity index (χ4v) is 1.26. The molecule has 0 spiro atoms. The number of hydrogen-bond acceptors (Lipinski definition) is 4. The molecular weight excluding hydrogens is 200 g/mol. The Labute approximate surface area is 83.7 Å². The third-order valence-electron chi connectivity index (χ3n) is 1.89. The van der Waals surface area contributed by atoms with Crippen molar-refractivity contribution in [3.63, 3.8) is 0 Å². The highest BCUT2D eigenvalue weighted by Gasteiger charge is 2.09. The number of H-pyrrole nitrogens is 1. The Morgan fingerprint density at radius 1 is 1.33 bits per heavy atom. The first-order chi connectivity index (χ1) is 7.22. The first-order valence-electron chi connectivity index (χ1n) is 4.18. The third-order valence-corrected chi connectivity index (χ3v) is 1.89. The van der Waals surface area contributed by atoms with E-state index in [-0.39, 0.29) is 0 Å². The molecule has 1 aromatic heterocycles. The van der Waals surface area contributed by atoms with Crippen molar-refractivity contribution in [1.82, 2.24) is 9.78 Å². The molecule has 0 bridgehead atoms. The zero-order valence-electron chi connectivity index (χ0n) is 7.89. The van der Waals surface area contributed by atoms with Crippen LogP contribution in [0, 0.1) is 0 Å². The van der Waals surface area contributed by atoms with Crippen molar-refractivity contribution >= 4 is 0 Å². The molecule has 0 saturated heterocycles. The van der Waals surface area contributed by atoms with Gasteiger partial charge >= 0.3 is 11.5 Å². The molecule has 6 nitrogen and oxygen atoms in total. The van der Waals surface area contributed by atoms with Gasteiger partial charge < -0.3 is 9.15 Å². The molecule has 0 saturated carbocycles. The van der Waals surface area contributed by atoms with Crippen molar-refractivity contribution in [3.8, 4) is 11.4 Å². The number of aromatic nitrogens is 2. The van der Waals surface area contributed by atoms with Gasteiger partial charge in [-0.25, -0.2) is 14.7 Å². The molecule has 1 heterocycles. The van der Waals surface area contributed by atoms with Gasteiger partial charge in [0.2, 0.25) is 0 Å². The smallest absolute Gasteiger partial charge is 0.442 e. The van der Waals surface area contributed by atoms with E-state index < -0.39 is 11.5 Å². The summed E-state index contributed by atoms with van der Waals surface area (Å²) in [6, 6.07) is 6.78. The van der Waals surface area contributed by atoms with E-state index in [4.69, 9.17) is 4.74 Å². The molecule has 0 fully saturated rings. The highest BCUT2D eigenvalue weighted by atomic mass is 16.5. The molecule has 1 aromatic carbocycles. The van der Waals surface area contributed by atoms with Crippen LogP contribution in [-0.4, -0.2) is 16.9 Å². The van der Waals surface area contributed by atoms with E-state index in [2.05, 4.69) is 9.52 Å². The van der Waals surface area contributed by atoms with Gasteiger partial charge in [-0.2, -0.15) is 4.68 Å². The van der Waals surface area contributed by atoms with Gasteiger partial charge in [-0.3, -0.25) is 0 Å². The maximum absolute atomic E-state index is 11.2. The van der Waals surface area contributed by atoms with E-state index >= 15 is 0 Å². The van der Waals surface area contributed by atoms with Crippen molar-refractivity contribution in [2.45, 2.75) is 0 Å². The van der Waals surface area contributed by atoms with Crippen molar-refractivity contribution in [2.24, 2.45) is 0 Å². The lowest BCUT2D eigenvalue weighted by Crippen LogP contribution is -2.14. The Morgan fingerprint density at radius 2 is 2.07 bits per heavy atom. The van der Waals surface area contributed by atoms with Gasteiger partial charge in [0, 0.05) is 0 Å². The third kappa shape index (κ3) is 1.56. The molecule has 0 aliphatic rings. The molecule has 0 amide bonds. The van der Waals surface area contributed by atoms with Crippen LogP contribution in [0.2, 0.25) is 0 Å². The number of ether oxygens (including phenoxy) is 1. The molecule has 2 rings (SSSR count). The number of hydrogen-bond donors (Lipinski definition) is 1. The molecule has 15 heavy (non-hydrogen) atoms. The lowest BCUT2D eigenvalue weighted by Gasteiger charge is -2.05. The standard InChI is InChI=1S/C9H8N2O4/c1-14-7-5-3-2-4-6(7)11-9(13)15-8(12)10-11/h2-5H,1H3,(H,10,12). The van der Waals surface area contributed by atoms with Crippen molar-refractivity contribution in [3.05, 3.63) is 45.4 Å². The Bertz CT molecular complexity index is 578. The summed E-state index contributed by atoms with van der Waals surface area (Å²) in [4.78, 5) is 22.0. The Balaban J connectivity index is 2.68. The SMILES string of the molecule is COc1ccccc1-n1[nH]c(=O)oc1=O. The minimum Gasteiger partial charge on any atom is -0.494 e. The highest BCUT2D eigenvalue weighted by molar-refractivity contribution is 5.45. The Morgan fingerprint density at radius 3 is 2.67 bits per heavy atom.